The quantitative estimate of drug-likeness (QED) is 0.811. The van der Waals surface area contributed by atoms with Crippen LogP contribution in [0.3, 0.4) is 0 Å². The lowest BCUT2D eigenvalue weighted by molar-refractivity contribution is 0.189. The van der Waals surface area contributed by atoms with Crippen LogP contribution in [0.2, 0.25) is 5.02 Å². The second-order valence-corrected chi connectivity index (χ2v) is 6.01. The number of aromatic nitrogens is 2. The van der Waals surface area contributed by atoms with Gasteiger partial charge in [-0.15, -0.1) is 0 Å². The number of rotatable bonds is 6. The van der Waals surface area contributed by atoms with Gasteiger partial charge in [-0.05, 0) is 43.5 Å². The molecule has 0 spiro atoms. The molecule has 5 nitrogen and oxygen atoms in total. The first kappa shape index (κ1) is 16.1. The van der Waals surface area contributed by atoms with Crippen molar-refractivity contribution in [3.63, 3.8) is 0 Å². The molecule has 0 fully saturated rings. The van der Waals surface area contributed by atoms with Crippen LogP contribution in [-0.4, -0.2) is 34.4 Å². The molecule has 0 N–H and O–H groups in total. The molecule has 0 unspecified atom stereocenters. The fraction of sp³-hybridized carbons (Fsp3) is 0.471. The van der Waals surface area contributed by atoms with Crippen LogP contribution < -0.4 is 9.47 Å². The van der Waals surface area contributed by atoms with Gasteiger partial charge in [-0.25, -0.2) is 0 Å². The average molecular weight is 336 g/mol. The molecule has 3 rings (SSSR count). The highest BCUT2D eigenvalue weighted by molar-refractivity contribution is 6.30. The fourth-order valence-corrected chi connectivity index (χ4v) is 3.06. The maximum absolute atomic E-state index is 5.93. The summed E-state index contributed by atoms with van der Waals surface area (Å²) in [5.41, 5.74) is 2.63. The van der Waals surface area contributed by atoms with E-state index in [0.29, 0.717) is 18.2 Å². The van der Waals surface area contributed by atoms with Crippen LogP contribution >= 0.6 is 11.6 Å². The van der Waals surface area contributed by atoms with Crippen LogP contribution in [0.4, 0.5) is 0 Å². The minimum absolute atomic E-state index is 0.633. The van der Waals surface area contributed by atoms with E-state index in [1.165, 1.54) is 11.1 Å². The topological polar surface area (TPSA) is 39.5 Å². The molecule has 1 aromatic heterocycles. The number of hydrogen-bond donors (Lipinski definition) is 0. The normalized spacial score (nSPS) is 14.6. The maximum Gasteiger partial charge on any atom is 0.161 e. The molecule has 0 aliphatic carbocycles. The molecule has 0 bridgehead atoms. The van der Waals surface area contributed by atoms with E-state index in [1.54, 1.807) is 6.20 Å². The zero-order valence-electron chi connectivity index (χ0n) is 13.6. The summed E-state index contributed by atoms with van der Waals surface area (Å²) in [5, 5.41) is 4.92. The van der Waals surface area contributed by atoms with Crippen molar-refractivity contribution < 1.29 is 9.47 Å². The van der Waals surface area contributed by atoms with E-state index in [-0.39, 0.29) is 0 Å². The minimum Gasteiger partial charge on any atom is -0.490 e. The molecule has 0 radical (unpaired) electrons. The van der Waals surface area contributed by atoms with E-state index in [2.05, 4.69) is 22.1 Å². The summed E-state index contributed by atoms with van der Waals surface area (Å²) in [4.78, 5) is 2.35. The van der Waals surface area contributed by atoms with E-state index in [9.17, 15) is 0 Å². The Morgan fingerprint density at radius 3 is 2.43 bits per heavy atom. The Hall–Kier alpha value is -1.72. The second-order valence-electron chi connectivity index (χ2n) is 5.58. The maximum atomic E-state index is 5.93. The standard InChI is InChI=1S/C17H22ClN3O2/c1-3-22-16-7-13-5-6-20(12-21-11-15(18)9-19-21)10-14(13)8-17(16)23-4-2/h7-9,11H,3-6,10,12H2,1-2H3. The van der Waals surface area contributed by atoms with Crippen molar-refractivity contribution >= 4 is 11.6 Å². The lowest BCUT2D eigenvalue weighted by atomic mass is 9.99. The fourth-order valence-electron chi connectivity index (χ4n) is 2.90. The average Bonchev–Trinajstić information content (AvgIpc) is 2.93. The van der Waals surface area contributed by atoms with Crippen LogP contribution in [0.15, 0.2) is 24.5 Å². The summed E-state index contributed by atoms with van der Waals surface area (Å²) in [7, 11) is 0. The number of halogens is 1. The molecule has 124 valence electrons. The first-order valence-electron chi connectivity index (χ1n) is 8.01. The van der Waals surface area contributed by atoms with Crippen LogP contribution in [0.5, 0.6) is 11.5 Å². The van der Waals surface area contributed by atoms with Gasteiger partial charge in [-0.1, -0.05) is 11.6 Å². The molecule has 2 heterocycles. The van der Waals surface area contributed by atoms with Crippen molar-refractivity contribution in [2.45, 2.75) is 33.5 Å². The third-order valence-electron chi connectivity index (χ3n) is 3.90. The van der Waals surface area contributed by atoms with Gasteiger partial charge >= 0.3 is 0 Å². The summed E-state index contributed by atoms with van der Waals surface area (Å²) in [6.45, 7) is 7.86. The molecule has 1 aliphatic heterocycles. The summed E-state index contributed by atoms with van der Waals surface area (Å²) in [5.74, 6) is 1.68. The third-order valence-corrected chi connectivity index (χ3v) is 4.10. The number of fused-ring (bicyclic) bond motifs is 1. The van der Waals surface area contributed by atoms with Crippen molar-refractivity contribution in [1.82, 2.24) is 14.7 Å². The Morgan fingerprint density at radius 2 is 1.83 bits per heavy atom. The first-order valence-corrected chi connectivity index (χ1v) is 8.39. The molecule has 0 saturated carbocycles. The van der Waals surface area contributed by atoms with E-state index in [4.69, 9.17) is 21.1 Å². The third kappa shape index (κ3) is 3.79. The molecule has 2 aromatic rings. The van der Waals surface area contributed by atoms with E-state index in [1.807, 2.05) is 24.7 Å². The monoisotopic (exact) mass is 335 g/mol. The van der Waals surface area contributed by atoms with E-state index < -0.39 is 0 Å². The van der Waals surface area contributed by atoms with Gasteiger partial charge in [0.2, 0.25) is 0 Å². The van der Waals surface area contributed by atoms with Crippen molar-refractivity contribution in [1.29, 1.82) is 0 Å². The molecule has 6 heteroatoms. The predicted octanol–water partition coefficient (Wildman–Crippen LogP) is 3.35. The van der Waals surface area contributed by atoms with Crippen molar-refractivity contribution in [3.05, 3.63) is 40.7 Å². The Labute approximate surface area is 141 Å². The number of benzene rings is 1. The van der Waals surface area contributed by atoms with Gasteiger partial charge in [-0.2, -0.15) is 5.10 Å². The molecule has 0 amide bonds. The second kappa shape index (κ2) is 7.23. The van der Waals surface area contributed by atoms with Crippen LogP contribution in [0.1, 0.15) is 25.0 Å². The highest BCUT2D eigenvalue weighted by Gasteiger charge is 2.20. The Morgan fingerprint density at radius 1 is 1.13 bits per heavy atom. The molecular formula is C17H22ClN3O2. The van der Waals surface area contributed by atoms with Gasteiger partial charge in [0, 0.05) is 19.3 Å². The summed E-state index contributed by atoms with van der Waals surface area (Å²) < 4.78 is 13.3. The van der Waals surface area contributed by atoms with Crippen molar-refractivity contribution in [3.8, 4) is 11.5 Å². The zero-order chi connectivity index (χ0) is 16.2. The number of nitrogens with zero attached hydrogens (tertiary/aromatic N) is 3. The molecule has 1 aliphatic rings. The van der Waals surface area contributed by atoms with E-state index >= 15 is 0 Å². The van der Waals surface area contributed by atoms with Gasteiger partial charge in [0.05, 0.1) is 31.1 Å². The van der Waals surface area contributed by atoms with Crippen LogP contribution in [-0.2, 0) is 19.6 Å². The smallest absolute Gasteiger partial charge is 0.161 e. The van der Waals surface area contributed by atoms with Gasteiger partial charge in [0.1, 0.15) is 0 Å². The number of ether oxygens (including phenoxy) is 2. The Bertz CT molecular complexity index is 672. The molecule has 0 saturated heterocycles. The summed E-state index contributed by atoms with van der Waals surface area (Å²) in [6.07, 6.45) is 4.51. The molecule has 1 aromatic carbocycles. The van der Waals surface area contributed by atoms with Crippen LogP contribution in [0.25, 0.3) is 0 Å². The van der Waals surface area contributed by atoms with Crippen molar-refractivity contribution in [2.24, 2.45) is 0 Å². The SMILES string of the molecule is CCOc1cc2c(cc1OCC)CN(Cn1cc(Cl)cn1)CC2. The molecular weight excluding hydrogens is 314 g/mol. The predicted molar refractivity (Wildman–Crippen MR) is 90.1 cm³/mol. The van der Waals surface area contributed by atoms with Crippen molar-refractivity contribution in [2.75, 3.05) is 19.8 Å². The van der Waals surface area contributed by atoms with E-state index in [0.717, 1.165) is 37.7 Å². The first-order chi connectivity index (χ1) is 11.2. The highest BCUT2D eigenvalue weighted by atomic mass is 35.5. The van der Waals surface area contributed by atoms with Gasteiger partial charge in [0.25, 0.3) is 0 Å². The zero-order valence-corrected chi connectivity index (χ0v) is 14.3. The summed E-state index contributed by atoms with van der Waals surface area (Å²) in [6, 6.07) is 4.25. The van der Waals surface area contributed by atoms with Gasteiger partial charge < -0.3 is 9.47 Å². The minimum atomic E-state index is 0.633. The highest BCUT2D eigenvalue weighted by Crippen LogP contribution is 2.34. The number of hydrogen-bond acceptors (Lipinski definition) is 4. The largest absolute Gasteiger partial charge is 0.490 e. The van der Waals surface area contributed by atoms with Gasteiger partial charge in [-0.3, -0.25) is 9.58 Å². The molecule has 23 heavy (non-hydrogen) atoms. The Kier molecular flexibility index (Phi) is 5.08. The molecule has 0 atom stereocenters. The lowest BCUT2D eigenvalue weighted by Gasteiger charge is -2.29. The Balaban J connectivity index is 1.77. The lowest BCUT2D eigenvalue weighted by Crippen LogP contribution is -2.32. The van der Waals surface area contributed by atoms with Crippen LogP contribution in [0, 0.1) is 0 Å². The summed E-state index contributed by atoms with van der Waals surface area (Å²) >= 11 is 5.93. The van der Waals surface area contributed by atoms with Gasteiger partial charge in [0.15, 0.2) is 11.5 Å².